The van der Waals surface area contributed by atoms with Gasteiger partial charge in [0.05, 0.1) is 12.1 Å². The number of aromatic nitrogens is 2. The highest BCUT2D eigenvalue weighted by atomic mass is 35.5. The van der Waals surface area contributed by atoms with Crippen molar-refractivity contribution in [3.63, 3.8) is 0 Å². The van der Waals surface area contributed by atoms with Gasteiger partial charge in [-0.2, -0.15) is 0 Å². The van der Waals surface area contributed by atoms with Gasteiger partial charge in [-0.3, -0.25) is 14.3 Å². The van der Waals surface area contributed by atoms with Gasteiger partial charge in [-0.15, -0.1) is 11.3 Å². The predicted octanol–water partition coefficient (Wildman–Crippen LogP) is 2.17. The zero-order valence-electron chi connectivity index (χ0n) is 10.1. The van der Waals surface area contributed by atoms with Crippen LogP contribution in [0.5, 0.6) is 0 Å². The molecule has 0 aliphatic rings. The average molecular weight is 285 g/mol. The minimum absolute atomic E-state index is 0.145. The summed E-state index contributed by atoms with van der Waals surface area (Å²) in [7, 11) is 0. The van der Waals surface area contributed by atoms with Crippen LogP contribution >= 0.6 is 22.9 Å². The largest absolute Gasteiger partial charge is 0.329 e. The number of aromatic amines is 1. The van der Waals surface area contributed by atoms with Crippen LogP contribution in [0.2, 0.25) is 5.15 Å². The van der Waals surface area contributed by atoms with Crippen molar-refractivity contribution in [1.82, 2.24) is 9.55 Å². The molecule has 4 nitrogen and oxygen atoms in total. The van der Waals surface area contributed by atoms with Crippen LogP contribution in [0, 0.1) is 6.92 Å². The van der Waals surface area contributed by atoms with Crippen molar-refractivity contribution >= 4 is 22.9 Å². The first-order chi connectivity index (χ1) is 8.54. The molecule has 1 N–H and O–H groups in total. The average Bonchev–Trinajstić information content (AvgIpc) is 2.70. The minimum Gasteiger partial charge on any atom is -0.297 e. The number of hydrogen-bond donors (Lipinski definition) is 1. The third-order valence-corrected chi connectivity index (χ3v) is 4.18. The Morgan fingerprint density at radius 2 is 2.17 bits per heavy atom. The smallest absolute Gasteiger partial charge is 0.297 e. The van der Waals surface area contributed by atoms with Crippen LogP contribution in [-0.2, 0) is 13.0 Å². The van der Waals surface area contributed by atoms with Crippen molar-refractivity contribution in [2.75, 3.05) is 0 Å². The number of aryl methyl sites for hydroxylation is 1. The fraction of sp³-hybridized carbons (Fsp3) is 0.333. The van der Waals surface area contributed by atoms with E-state index in [2.05, 4.69) is 4.98 Å². The third-order valence-electron chi connectivity index (χ3n) is 2.85. The summed E-state index contributed by atoms with van der Waals surface area (Å²) in [5.74, 6) is 0. The molecule has 0 bridgehead atoms. The lowest BCUT2D eigenvalue weighted by atomic mass is 10.2. The summed E-state index contributed by atoms with van der Waals surface area (Å²) in [6, 6.07) is 1.97. The van der Waals surface area contributed by atoms with Crippen molar-refractivity contribution in [3.05, 3.63) is 53.4 Å². The van der Waals surface area contributed by atoms with Gasteiger partial charge in [0, 0.05) is 4.88 Å². The standard InChI is InChI=1S/C12H13ClN2O2S/c1-3-8-10(13)14-12(17)15(11(8)16)6-9-7(2)4-5-18-9/h4-5H,3,6H2,1-2H3,(H,14,17). The molecule has 2 aromatic heterocycles. The molecule has 0 atom stereocenters. The molecule has 0 radical (unpaired) electrons. The van der Waals surface area contributed by atoms with Crippen LogP contribution in [0.1, 0.15) is 22.9 Å². The molecule has 0 saturated carbocycles. The fourth-order valence-electron chi connectivity index (χ4n) is 1.75. The van der Waals surface area contributed by atoms with Crippen molar-refractivity contribution in [2.45, 2.75) is 26.8 Å². The van der Waals surface area contributed by atoms with Crippen LogP contribution in [0.4, 0.5) is 0 Å². The van der Waals surface area contributed by atoms with Gasteiger partial charge >= 0.3 is 5.69 Å². The molecule has 2 heterocycles. The molecule has 0 spiro atoms. The van der Waals surface area contributed by atoms with E-state index in [1.807, 2.05) is 25.3 Å². The molecule has 0 aromatic carbocycles. The number of nitrogens with one attached hydrogen (secondary N) is 1. The first-order valence-electron chi connectivity index (χ1n) is 5.59. The molecule has 2 aromatic rings. The van der Waals surface area contributed by atoms with Gasteiger partial charge in [0.15, 0.2) is 0 Å². The van der Waals surface area contributed by atoms with E-state index in [0.29, 0.717) is 18.5 Å². The van der Waals surface area contributed by atoms with E-state index in [-0.39, 0.29) is 10.7 Å². The molecule has 0 aliphatic carbocycles. The maximum Gasteiger partial charge on any atom is 0.329 e. The number of nitrogens with zero attached hydrogens (tertiary/aromatic N) is 1. The normalized spacial score (nSPS) is 10.8. The van der Waals surface area contributed by atoms with E-state index in [4.69, 9.17) is 11.6 Å². The monoisotopic (exact) mass is 284 g/mol. The molecule has 2 rings (SSSR count). The van der Waals surface area contributed by atoms with Gasteiger partial charge in [-0.25, -0.2) is 4.79 Å². The Morgan fingerprint density at radius 3 is 2.72 bits per heavy atom. The molecule has 0 aliphatic heterocycles. The van der Waals surface area contributed by atoms with Gasteiger partial charge in [0.25, 0.3) is 5.56 Å². The Kier molecular flexibility index (Phi) is 3.73. The highest BCUT2D eigenvalue weighted by Crippen LogP contribution is 2.16. The Balaban J connectivity index is 2.55. The van der Waals surface area contributed by atoms with Gasteiger partial charge in [0.2, 0.25) is 0 Å². The second-order valence-electron chi connectivity index (χ2n) is 3.99. The van der Waals surface area contributed by atoms with E-state index in [9.17, 15) is 9.59 Å². The zero-order chi connectivity index (χ0) is 13.3. The molecule has 0 unspecified atom stereocenters. The van der Waals surface area contributed by atoms with Crippen molar-refractivity contribution in [2.24, 2.45) is 0 Å². The molecule has 0 saturated heterocycles. The molecular weight excluding hydrogens is 272 g/mol. The number of thiophene rings is 1. The topological polar surface area (TPSA) is 54.9 Å². The second-order valence-corrected chi connectivity index (χ2v) is 5.37. The number of rotatable bonds is 3. The minimum atomic E-state index is -0.463. The first-order valence-corrected chi connectivity index (χ1v) is 6.84. The Labute approximate surface area is 113 Å². The summed E-state index contributed by atoms with van der Waals surface area (Å²) in [5.41, 5.74) is 0.763. The Bertz CT molecular complexity index is 684. The molecule has 18 heavy (non-hydrogen) atoms. The summed E-state index contributed by atoms with van der Waals surface area (Å²) in [6.45, 7) is 4.09. The Morgan fingerprint density at radius 1 is 1.44 bits per heavy atom. The van der Waals surface area contributed by atoms with Crippen LogP contribution in [0.25, 0.3) is 0 Å². The van der Waals surface area contributed by atoms with Gasteiger partial charge in [-0.05, 0) is 30.4 Å². The first kappa shape index (κ1) is 13.1. The SMILES string of the molecule is CCc1c(Cl)[nH]c(=O)n(Cc2sccc2C)c1=O. The maximum atomic E-state index is 12.1. The molecule has 0 amide bonds. The van der Waals surface area contributed by atoms with E-state index in [0.717, 1.165) is 10.4 Å². The molecule has 6 heteroatoms. The van der Waals surface area contributed by atoms with E-state index < -0.39 is 5.69 Å². The lowest BCUT2D eigenvalue weighted by Gasteiger charge is -2.07. The van der Waals surface area contributed by atoms with Crippen molar-refractivity contribution in [1.29, 1.82) is 0 Å². The van der Waals surface area contributed by atoms with Crippen LogP contribution in [-0.4, -0.2) is 9.55 Å². The summed E-state index contributed by atoms with van der Waals surface area (Å²) >= 11 is 7.39. The Hall–Kier alpha value is -1.33. The zero-order valence-corrected chi connectivity index (χ0v) is 11.7. The lowest BCUT2D eigenvalue weighted by molar-refractivity contribution is 0.691. The van der Waals surface area contributed by atoms with Gasteiger partial charge in [0.1, 0.15) is 5.15 Å². The third kappa shape index (κ3) is 2.28. The van der Waals surface area contributed by atoms with Crippen LogP contribution in [0.15, 0.2) is 21.0 Å². The highest BCUT2D eigenvalue weighted by Gasteiger charge is 2.12. The summed E-state index contributed by atoms with van der Waals surface area (Å²) < 4.78 is 1.20. The van der Waals surface area contributed by atoms with Gasteiger partial charge < -0.3 is 0 Å². The number of hydrogen-bond acceptors (Lipinski definition) is 3. The van der Waals surface area contributed by atoms with Crippen molar-refractivity contribution < 1.29 is 0 Å². The highest BCUT2D eigenvalue weighted by molar-refractivity contribution is 7.10. The quantitative estimate of drug-likeness (QED) is 0.878. The van der Waals surface area contributed by atoms with E-state index in [1.165, 1.54) is 15.9 Å². The lowest BCUT2D eigenvalue weighted by Crippen LogP contribution is -2.37. The van der Waals surface area contributed by atoms with Gasteiger partial charge in [-0.1, -0.05) is 18.5 Å². The second kappa shape index (κ2) is 5.12. The summed E-state index contributed by atoms with van der Waals surface area (Å²) in [6.07, 6.45) is 0.498. The molecular formula is C12H13ClN2O2S. The number of halogens is 1. The van der Waals surface area contributed by atoms with Crippen LogP contribution in [0.3, 0.4) is 0 Å². The fourth-order valence-corrected chi connectivity index (χ4v) is 2.93. The summed E-state index contributed by atoms with van der Waals surface area (Å²) in [5, 5.41) is 2.09. The van der Waals surface area contributed by atoms with E-state index in [1.54, 1.807) is 0 Å². The number of H-pyrrole nitrogens is 1. The summed E-state index contributed by atoms with van der Waals surface area (Å²) in [4.78, 5) is 27.5. The van der Waals surface area contributed by atoms with Crippen molar-refractivity contribution in [3.8, 4) is 0 Å². The van der Waals surface area contributed by atoms with E-state index >= 15 is 0 Å². The van der Waals surface area contributed by atoms with Crippen LogP contribution < -0.4 is 11.2 Å². The molecule has 96 valence electrons. The molecule has 0 fully saturated rings. The maximum absolute atomic E-state index is 12.1. The predicted molar refractivity (Wildman–Crippen MR) is 73.9 cm³/mol.